The number of amides is 1. The van der Waals surface area contributed by atoms with Crippen LogP contribution in [0.3, 0.4) is 0 Å². The number of aromatic nitrogens is 2. The van der Waals surface area contributed by atoms with Gasteiger partial charge < -0.3 is 20.3 Å². The maximum atomic E-state index is 12.9. The Bertz CT molecular complexity index is 1280. The molecule has 0 radical (unpaired) electrons. The lowest BCUT2D eigenvalue weighted by Gasteiger charge is -2.10. The minimum Gasteiger partial charge on any atom is -0.447 e. The van der Waals surface area contributed by atoms with Crippen LogP contribution in [0.15, 0.2) is 70.8 Å². The molecule has 1 amide bonds. The van der Waals surface area contributed by atoms with Crippen molar-refractivity contribution in [3.63, 3.8) is 0 Å². The largest absolute Gasteiger partial charge is 0.447 e. The monoisotopic (exact) mass is 399 g/mol. The first-order chi connectivity index (χ1) is 14.7. The second kappa shape index (κ2) is 7.32. The predicted octanol–water partition coefficient (Wildman–Crippen LogP) is 4.34. The number of rotatable bonds is 4. The summed E-state index contributed by atoms with van der Waals surface area (Å²) in [6.07, 6.45) is 7.93. The molecule has 4 aromatic rings. The molecule has 5 rings (SSSR count). The molecule has 0 fully saturated rings. The second-order valence-electron chi connectivity index (χ2n) is 6.92. The average Bonchev–Trinajstić information content (AvgIpc) is 3.36. The Morgan fingerprint density at radius 1 is 1.07 bits per heavy atom. The van der Waals surface area contributed by atoms with Crippen molar-refractivity contribution >= 4 is 39.7 Å². The van der Waals surface area contributed by atoms with E-state index in [0.717, 1.165) is 28.6 Å². The molecule has 1 aliphatic carbocycles. The van der Waals surface area contributed by atoms with Gasteiger partial charge in [-0.25, -0.2) is 0 Å². The Kier molecular flexibility index (Phi) is 4.36. The summed E-state index contributed by atoms with van der Waals surface area (Å²) in [7, 11) is 0. The van der Waals surface area contributed by atoms with Gasteiger partial charge in [0.05, 0.1) is 29.5 Å². The normalized spacial score (nSPS) is 14.1. The maximum Gasteiger partial charge on any atom is 0.293 e. The van der Waals surface area contributed by atoms with Crippen molar-refractivity contribution in [2.24, 2.45) is 5.16 Å². The molecule has 8 nitrogen and oxygen atoms in total. The van der Waals surface area contributed by atoms with E-state index in [9.17, 15) is 4.79 Å². The molecular weight excluding hydrogens is 382 g/mol. The molecule has 0 bridgehead atoms. The first-order valence-corrected chi connectivity index (χ1v) is 9.42. The van der Waals surface area contributed by atoms with Gasteiger partial charge in [-0.2, -0.15) is 0 Å². The summed E-state index contributed by atoms with van der Waals surface area (Å²) in [4.78, 5) is 21.0. The number of carbonyl (C=O) groups is 1. The molecule has 3 heterocycles. The molecule has 0 saturated heterocycles. The van der Waals surface area contributed by atoms with Crippen molar-refractivity contribution in [3.05, 3.63) is 78.1 Å². The van der Waals surface area contributed by atoms with Gasteiger partial charge in [-0.15, -0.1) is 0 Å². The number of aryl methyl sites for hydroxylation is 1. The summed E-state index contributed by atoms with van der Waals surface area (Å²) in [6.45, 7) is 0. The van der Waals surface area contributed by atoms with Gasteiger partial charge in [-0.05, 0) is 48.7 Å². The van der Waals surface area contributed by atoms with E-state index in [4.69, 9.17) is 9.62 Å². The Balaban J connectivity index is 1.52. The zero-order valence-corrected chi connectivity index (χ0v) is 15.8. The third-order valence-electron chi connectivity index (χ3n) is 5.06. The fourth-order valence-electron chi connectivity index (χ4n) is 3.66. The average molecular weight is 399 g/mol. The lowest BCUT2D eigenvalue weighted by Crippen LogP contribution is -2.12. The van der Waals surface area contributed by atoms with Crippen LogP contribution in [0, 0.1) is 0 Å². The molecule has 0 atom stereocenters. The highest BCUT2D eigenvalue weighted by Gasteiger charge is 2.23. The van der Waals surface area contributed by atoms with E-state index in [1.54, 1.807) is 43.0 Å². The first-order valence-electron chi connectivity index (χ1n) is 9.42. The summed E-state index contributed by atoms with van der Waals surface area (Å²) in [5.41, 5.74) is 5.16. The number of pyridine rings is 2. The molecule has 148 valence electrons. The zero-order chi connectivity index (χ0) is 20.5. The van der Waals surface area contributed by atoms with Crippen molar-refractivity contribution in [3.8, 4) is 0 Å². The highest BCUT2D eigenvalue weighted by molar-refractivity contribution is 6.12. The quantitative estimate of drug-likeness (QED) is 0.347. The first kappa shape index (κ1) is 17.9. The summed E-state index contributed by atoms with van der Waals surface area (Å²) in [6, 6.07) is 11.1. The molecule has 0 aliphatic heterocycles. The van der Waals surface area contributed by atoms with Crippen molar-refractivity contribution < 1.29 is 14.4 Å². The van der Waals surface area contributed by atoms with Crippen LogP contribution in [0.1, 0.15) is 28.1 Å². The highest BCUT2D eigenvalue weighted by Crippen LogP contribution is 2.34. The number of benzene rings is 1. The van der Waals surface area contributed by atoms with Gasteiger partial charge in [-0.1, -0.05) is 11.2 Å². The van der Waals surface area contributed by atoms with Crippen LogP contribution in [0.2, 0.25) is 0 Å². The summed E-state index contributed by atoms with van der Waals surface area (Å²) in [5, 5.41) is 19.4. The van der Waals surface area contributed by atoms with Gasteiger partial charge in [0.1, 0.15) is 0 Å². The molecule has 30 heavy (non-hydrogen) atoms. The van der Waals surface area contributed by atoms with Gasteiger partial charge in [0.15, 0.2) is 5.58 Å². The number of nitrogens with zero attached hydrogens (tertiary/aromatic N) is 3. The van der Waals surface area contributed by atoms with Gasteiger partial charge in [0.25, 0.3) is 5.91 Å². The Morgan fingerprint density at radius 2 is 1.97 bits per heavy atom. The minimum atomic E-state index is -0.391. The minimum absolute atomic E-state index is 0.153. The van der Waals surface area contributed by atoms with E-state index in [-0.39, 0.29) is 5.76 Å². The Hall–Kier alpha value is -4.20. The third kappa shape index (κ3) is 3.14. The number of carbonyl (C=O) groups excluding carboxylic acids is 1. The number of hydrogen-bond donors (Lipinski definition) is 3. The molecule has 8 heteroatoms. The van der Waals surface area contributed by atoms with Gasteiger partial charge in [0.2, 0.25) is 5.76 Å². The number of nitrogens with one attached hydrogen (secondary N) is 2. The van der Waals surface area contributed by atoms with E-state index >= 15 is 0 Å². The number of furan rings is 1. The number of anilines is 3. The van der Waals surface area contributed by atoms with Gasteiger partial charge in [0, 0.05) is 29.0 Å². The second-order valence-corrected chi connectivity index (χ2v) is 6.92. The molecule has 0 spiro atoms. The third-order valence-corrected chi connectivity index (χ3v) is 5.06. The van der Waals surface area contributed by atoms with Gasteiger partial charge >= 0.3 is 0 Å². The SMILES string of the molecule is O=C(Nc1cccnc1)c1oc2cnccc2c1Nc1ccc2c(c1)CCC2=NO. The van der Waals surface area contributed by atoms with Gasteiger partial charge in [-0.3, -0.25) is 14.8 Å². The van der Waals surface area contributed by atoms with E-state index < -0.39 is 5.91 Å². The van der Waals surface area contributed by atoms with E-state index in [1.807, 2.05) is 18.2 Å². The van der Waals surface area contributed by atoms with Crippen molar-refractivity contribution in [2.45, 2.75) is 12.8 Å². The summed E-state index contributed by atoms with van der Waals surface area (Å²) >= 11 is 0. The van der Waals surface area contributed by atoms with Crippen molar-refractivity contribution in [1.29, 1.82) is 0 Å². The molecule has 1 aromatic carbocycles. The highest BCUT2D eigenvalue weighted by atomic mass is 16.4. The topological polar surface area (TPSA) is 113 Å². The molecule has 0 saturated carbocycles. The zero-order valence-electron chi connectivity index (χ0n) is 15.8. The molecular formula is C22H17N5O3. The Labute approximate surface area is 171 Å². The molecule has 1 aliphatic rings. The number of fused-ring (bicyclic) bond motifs is 2. The van der Waals surface area contributed by atoms with E-state index in [1.165, 1.54) is 0 Å². The van der Waals surface area contributed by atoms with Crippen LogP contribution < -0.4 is 10.6 Å². The molecule has 3 aromatic heterocycles. The lowest BCUT2D eigenvalue weighted by molar-refractivity contribution is 0.0999. The fourth-order valence-corrected chi connectivity index (χ4v) is 3.66. The van der Waals surface area contributed by atoms with Crippen LogP contribution in [0.4, 0.5) is 17.1 Å². The molecule has 0 unspecified atom stereocenters. The van der Waals surface area contributed by atoms with E-state index in [0.29, 0.717) is 29.1 Å². The number of hydrogen-bond acceptors (Lipinski definition) is 7. The standard InChI is InChI=1S/C22H17N5O3/c28-22(26-15-2-1-8-23-11-15)21-20(17-7-9-24-12-19(17)30-21)25-14-4-5-16-13(10-14)3-6-18(16)27-29/h1-2,4-5,7-12,25,29H,3,6H2,(H,26,28). The molecule has 3 N–H and O–H groups in total. The van der Waals surface area contributed by atoms with Crippen LogP contribution in [-0.4, -0.2) is 26.8 Å². The van der Waals surface area contributed by atoms with Crippen molar-refractivity contribution in [1.82, 2.24) is 9.97 Å². The van der Waals surface area contributed by atoms with Crippen LogP contribution >= 0.6 is 0 Å². The number of oxime groups is 1. The summed E-state index contributed by atoms with van der Waals surface area (Å²) in [5.74, 6) is -0.238. The maximum absolute atomic E-state index is 12.9. The lowest BCUT2D eigenvalue weighted by atomic mass is 10.1. The Morgan fingerprint density at radius 3 is 2.80 bits per heavy atom. The smallest absolute Gasteiger partial charge is 0.293 e. The van der Waals surface area contributed by atoms with E-state index in [2.05, 4.69) is 25.8 Å². The van der Waals surface area contributed by atoms with Crippen LogP contribution in [0.25, 0.3) is 11.0 Å². The summed E-state index contributed by atoms with van der Waals surface area (Å²) < 4.78 is 5.82. The van der Waals surface area contributed by atoms with Crippen LogP contribution in [0.5, 0.6) is 0 Å². The van der Waals surface area contributed by atoms with Crippen molar-refractivity contribution in [2.75, 3.05) is 10.6 Å². The van der Waals surface area contributed by atoms with Crippen LogP contribution in [-0.2, 0) is 6.42 Å². The fraction of sp³-hybridized carbons (Fsp3) is 0.0909. The predicted molar refractivity (Wildman–Crippen MR) is 113 cm³/mol.